The van der Waals surface area contributed by atoms with Gasteiger partial charge in [0.25, 0.3) is 0 Å². The number of aromatic nitrogens is 1. The van der Waals surface area contributed by atoms with Gasteiger partial charge in [-0.15, -0.1) is 0 Å². The number of H-pyrrole nitrogens is 1. The maximum atomic E-state index is 3.49. The van der Waals surface area contributed by atoms with Gasteiger partial charge in [-0.3, -0.25) is 0 Å². The molecule has 3 heteroatoms. The summed E-state index contributed by atoms with van der Waals surface area (Å²) in [5.74, 6) is 0. The molecule has 20 heavy (non-hydrogen) atoms. The zero-order valence-electron chi connectivity index (χ0n) is 11.9. The molecule has 0 spiro atoms. The minimum absolute atomic E-state index is 0.814. The van der Waals surface area contributed by atoms with Gasteiger partial charge >= 0.3 is 0 Å². The normalized spacial score (nSPS) is 10.7. The minimum atomic E-state index is 0.814. The summed E-state index contributed by atoms with van der Waals surface area (Å²) in [5.41, 5.74) is 4.83. The number of anilines is 2. The van der Waals surface area contributed by atoms with E-state index in [2.05, 4.69) is 77.8 Å². The fourth-order valence-electron chi connectivity index (χ4n) is 2.39. The Morgan fingerprint density at radius 3 is 2.75 bits per heavy atom. The summed E-state index contributed by atoms with van der Waals surface area (Å²) >= 11 is 0. The lowest BCUT2D eigenvalue weighted by Gasteiger charge is -2.14. The highest BCUT2D eigenvalue weighted by Gasteiger charge is 2.02. The molecule has 0 aliphatic heterocycles. The molecule has 0 amide bonds. The number of hydrogen-bond acceptors (Lipinski definition) is 2. The van der Waals surface area contributed by atoms with Crippen molar-refractivity contribution in [1.82, 2.24) is 4.98 Å². The van der Waals surface area contributed by atoms with Crippen molar-refractivity contribution in [2.24, 2.45) is 0 Å². The summed E-state index contributed by atoms with van der Waals surface area (Å²) in [6, 6.07) is 16.9. The summed E-state index contributed by atoms with van der Waals surface area (Å²) in [6.45, 7) is 0.814. The van der Waals surface area contributed by atoms with Crippen LogP contribution in [0, 0.1) is 0 Å². The van der Waals surface area contributed by atoms with Gasteiger partial charge in [-0.2, -0.15) is 0 Å². The summed E-state index contributed by atoms with van der Waals surface area (Å²) in [6.07, 6.45) is 1.99. The number of hydrogen-bond donors (Lipinski definition) is 2. The van der Waals surface area contributed by atoms with Crippen molar-refractivity contribution in [3.05, 3.63) is 60.3 Å². The molecule has 0 atom stereocenters. The molecule has 102 valence electrons. The van der Waals surface area contributed by atoms with Gasteiger partial charge in [0.05, 0.1) is 5.52 Å². The Kier molecular flexibility index (Phi) is 3.33. The molecule has 1 heterocycles. The zero-order valence-corrected chi connectivity index (χ0v) is 11.9. The first-order chi connectivity index (χ1) is 9.74. The number of nitrogens with one attached hydrogen (secondary N) is 2. The van der Waals surface area contributed by atoms with E-state index < -0.39 is 0 Å². The highest BCUT2D eigenvalue weighted by atomic mass is 15.1. The molecule has 3 nitrogen and oxygen atoms in total. The first-order valence-corrected chi connectivity index (χ1v) is 6.80. The van der Waals surface area contributed by atoms with Crippen molar-refractivity contribution in [2.75, 3.05) is 24.3 Å². The molecule has 2 aromatic carbocycles. The topological polar surface area (TPSA) is 31.1 Å². The van der Waals surface area contributed by atoms with Crippen LogP contribution in [0.4, 0.5) is 11.4 Å². The quantitative estimate of drug-likeness (QED) is 0.751. The monoisotopic (exact) mass is 265 g/mol. The van der Waals surface area contributed by atoms with Crippen LogP contribution in [0.25, 0.3) is 10.9 Å². The largest absolute Gasteiger partial charge is 0.381 e. The zero-order chi connectivity index (χ0) is 13.9. The molecule has 0 saturated carbocycles. The van der Waals surface area contributed by atoms with Crippen LogP contribution in [0.3, 0.4) is 0 Å². The van der Waals surface area contributed by atoms with Gasteiger partial charge in [0.2, 0.25) is 0 Å². The lowest BCUT2D eigenvalue weighted by molar-refractivity contribution is 1.12. The Bertz CT molecular complexity index is 713. The molecule has 0 radical (unpaired) electrons. The molecular weight excluding hydrogens is 246 g/mol. The van der Waals surface area contributed by atoms with Gasteiger partial charge in [0.1, 0.15) is 0 Å². The van der Waals surface area contributed by atoms with E-state index in [1.165, 1.54) is 22.2 Å². The predicted octanol–water partition coefficient (Wildman–Crippen LogP) is 3.85. The number of fused-ring (bicyclic) bond motifs is 1. The van der Waals surface area contributed by atoms with Gasteiger partial charge in [-0.25, -0.2) is 0 Å². The van der Waals surface area contributed by atoms with Crippen LogP contribution in [-0.4, -0.2) is 19.1 Å². The van der Waals surface area contributed by atoms with E-state index in [0.29, 0.717) is 0 Å². The van der Waals surface area contributed by atoms with E-state index in [-0.39, 0.29) is 0 Å². The SMILES string of the molecule is CN(C)c1cccc(NCc2cccc3cc[nH]c23)c1. The van der Waals surface area contributed by atoms with Crippen LogP contribution < -0.4 is 10.2 Å². The fourth-order valence-corrected chi connectivity index (χ4v) is 2.39. The Hall–Kier alpha value is -2.42. The smallest absolute Gasteiger partial charge is 0.0504 e. The van der Waals surface area contributed by atoms with E-state index in [9.17, 15) is 0 Å². The Balaban J connectivity index is 1.79. The maximum absolute atomic E-state index is 3.49. The molecule has 0 unspecified atom stereocenters. The second kappa shape index (κ2) is 5.29. The molecule has 0 bridgehead atoms. The van der Waals surface area contributed by atoms with Gasteiger partial charge in [0.15, 0.2) is 0 Å². The first kappa shape index (κ1) is 12.6. The van der Waals surface area contributed by atoms with Gasteiger partial charge in [-0.05, 0) is 35.2 Å². The Labute approximate surface area is 119 Å². The highest BCUT2D eigenvalue weighted by molar-refractivity contribution is 5.82. The second-order valence-electron chi connectivity index (χ2n) is 5.16. The van der Waals surface area contributed by atoms with Crippen molar-refractivity contribution in [2.45, 2.75) is 6.54 Å². The predicted molar refractivity (Wildman–Crippen MR) is 86.4 cm³/mol. The van der Waals surface area contributed by atoms with Crippen LogP contribution in [0.1, 0.15) is 5.56 Å². The van der Waals surface area contributed by atoms with E-state index in [4.69, 9.17) is 0 Å². The van der Waals surface area contributed by atoms with Crippen LogP contribution in [0.2, 0.25) is 0 Å². The number of aromatic amines is 1. The summed E-state index contributed by atoms with van der Waals surface area (Å²) in [4.78, 5) is 5.41. The highest BCUT2D eigenvalue weighted by Crippen LogP contribution is 2.20. The van der Waals surface area contributed by atoms with Crippen molar-refractivity contribution in [3.8, 4) is 0 Å². The lowest BCUT2D eigenvalue weighted by Crippen LogP contribution is -2.09. The maximum Gasteiger partial charge on any atom is 0.0504 e. The van der Waals surface area contributed by atoms with E-state index in [1.807, 2.05) is 6.20 Å². The third-order valence-electron chi connectivity index (χ3n) is 3.52. The Morgan fingerprint density at radius 1 is 1.05 bits per heavy atom. The number of nitrogens with zero attached hydrogens (tertiary/aromatic N) is 1. The molecule has 3 rings (SSSR count). The lowest BCUT2D eigenvalue weighted by atomic mass is 10.1. The minimum Gasteiger partial charge on any atom is -0.381 e. The van der Waals surface area contributed by atoms with Crippen molar-refractivity contribution in [3.63, 3.8) is 0 Å². The van der Waals surface area contributed by atoms with Crippen molar-refractivity contribution < 1.29 is 0 Å². The summed E-state index contributed by atoms with van der Waals surface area (Å²) in [5, 5.41) is 4.75. The molecule has 0 saturated heterocycles. The molecule has 0 aliphatic rings. The van der Waals surface area contributed by atoms with E-state index in [0.717, 1.165) is 12.2 Å². The van der Waals surface area contributed by atoms with Crippen LogP contribution in [0.5, 0.6) is 0 Å². The van der Waals surface area contributed by atoms with Gasteiger partial charge in [0, 0.05) is 38.2 Å². The first-order valence-electron chi connectivity index (χ1n) is 6.80. The Morgan fingerprint density at radius 2 is 1.90 bits per heavy atom. The number of rotatable bonds is 4. The molecule has 3 aromatic rings. The van der Waals surface area contributed by atoms with Crippen LogP contribution in [0.15, 0.2) is 54.7 Å². The average molecular weight is 265 g/mol. The number of benzene rings is 2. The standard InChI is InChI=1S/C17H19N3/c1-20(2)16-8-4-7-15(11-16)19-12-14-6-3-5-13-9-10-18-17(13)14/h3-11,18-19H,12H2,1-2H3. The molecule has 2 N–H and O–H groups in total. The van der Waals surface area contributed by atoms with Crippen molar-refractivity contribution in [1.29, 1.82) is 0 Å². The van der Waals surface area contributed by atoms with E-state index in [1.54, 1.807) is 0 Å². The van der Waals surface area contributed by atoms with Gasteiger partial charge in [-0.1, -0.05) is 24.3 Å². The molecule has 0 fully saturated rings. The molecule has 1 aromatic heterocycles. The van der Waals surface area contributed by atoms with Crippen molar-refractivity contribution >= 4 is 22.3 Å². The van der Waals surface area contributed by atoms with Crippen LogP contribution in [-0.2, 0) is 6.54 Å². The third kappa shape index (κ3) is 2.48. The van der Waals surface area contributed by atoms with E-state index >= 15 is 0 Å². The molecular formula is C17H19N3. The molecule has 0 aliphatic carbocycles. The summed E-state index contributed by atoms with van der Waals surface area (Å²) < 4.78 is 0. The second-order valence-corrected chi connectivity index (χ2v) is 5.16. The van der Waals surface area contributed by atoms with Gasteiger partial charge < -0.3 is 15.2 Å². The summed E-state index contributed by atoms with van der Waals surface area (Å²) in [7, 11) is 4.11. The third-order valence-corrected chi connectivity index (χ3v) is 3.52. The van der Waals surface area contributed by atoms with Crippen LogP contribution >= 0.6 is 0 Å². The number of para-hydroxylation sites is 1. The fraction of sp³-hybridized carbons (Fsp3) is 0.176. The average Bonchev–Trinajstić information content (AvgIpc) is 2.94.